The molecule has 2 heterocycles. The third kappa shape index (κ3) is 3.83. The van der Waals surface area contributed by atoms with E-state index in [0.29, 0.717) is 19.3 Å². The maximum absolute atomic E-state index is 10.7. The fraction of sp³-hybridized carbons (Fsp3) is 0.909. The van der Waals surface area contributed by atoms with Crippen LogP contribution in [-0.2, 0) is 9.47 Å². The fourth-order valence-corrected chi connectivity index (χ4v) is 2.41. The van der Waals surface area contributed by atoms with Gasteiger partial charge in [-0.15, -0.1) is 0 Å². The summed E-state index contributed by atoms with van der Waals surface area (Å²) < 4.78 is 10.6. The lowest BCUT2D eigenvalue weighted by Gasteiger charge is -2.36. The molecule has 17 heavy (non-hydrogen) atoms. The molecular formula is C11H20N2O4. The van der Waals surface area contributed by atoms with Crippen molar-refractivity contribution in [2.45, 2.75) is 37.4 Å². The highest BCUT2D eigenvalue weighted by Crippen LogP contribution is 2.13. The average Bonchev–Trinajstić information content (AvgIpc) is 2.32. The molecule has 0 spiro atoms. The summed E-state index contributed by atoms with van der Waals surface area (Å²) in [5, 5.41) is 14.8. The first-order valence-corrected chi connectivity index (χ1v) is 6.16. The van der Waals surface area contributed by atoms with Crippen LogP contribution in [0.3, 0.4) is 0 Å². The lowest BCUT2D eigenvalue weighted by Crippen LogP contribution is -2.57. The Morgan fingerprint density at radius 3 is 2.47 bits per heavy atom. The zero-order valence-corrected chi connectivity index (χ0v) is 9.85. The van der Waals surface area contributed by atoms with E-state index in [0.717, 1.165) is 32.5 Å². The summed E-state index contributed by atoms with van der Waals surface area (Å²) in [6.07, 6.45) is 1.86. The molecule has 2 saturated heterocycles. The average molecular weight is 244 g/mol. The first-order chi connectivity index (χ1) is 8.25. The van der Waals surface area contributed by atoms with E-state index in [1.807, 2.05) is 0 Å². The highest BCUT2D eigenvalue weighted by atomic mass is 16.5. The van der Waals surface area contributed by atoms with Gasteiger partial charge in [0.15, 0.2) is 0 Å². The summed E-state index contributed by atoms with van der Waals surface area (Å²) in [4.78, 5) is 10.7. The first-order valence-electron chi connectivity index (χ1n) is 6.16. The van der Waals surface area contributed by atoms with Crippen molar-refractivity contribution < 1.29 is 19.4 Å². The van der Waals surface area contributed by atoms with Gasteiger partial charge in [-0.05, 0) is 19.3 Å². The molecule has 3 N–H and O–H groups in total. The van der Waals surface area contributed by atoms with E-state index in [9.17, 15) is 4.79 Å². The molecule has 0 aliphatic carbocycles. The number of hydrogen-bond acceptors (Lipinski definition) is 4. The number of carboxylic acid groups (broad SMARTS) is 1. The van der Waals surface area contributed by atoms with E-state index < -0.39 is 6.09 Å². The summed E-state index contributed by atoms with van der Waals surface area (Å²) in [5.74, 6) is 0. The van der Waals surface area contributed by atoms with E-state index >= 15 is 0 Å². The number of nitrogens with one attached hydrogen (secondary N) is 2. The maximum Gasteiger partial charge on any atom is 0.405 e. The molecule has 2 aliphatic rings. The molecule has 6 heteroatoms. The van der Waals surface area contributed by atoms with Crippen molar-refractivity contribution in [1.29, 1.82) is 0 Å². The molecule has 2 rings (SSSR count). The van der Waals surface area contributed by atoms with Crippen LogP contribution in [0.15, 0.2) is 0 Å². The normalized spacial score (nSPS) is 31.1. The molecular weight excluding hydrogens is 224 g/mol. The van der Waals surface area contributed by atoms with Gasteiger partial charge in [-0.25, -0.2) is 4.79 Å². The zero-order valence-electron chi connectivity index (χ0n) is 9.85. The second-order valence-electron chi connectivity index (χ2n) is 4.58. The van der Waals surface area contributed by atoms with Crippen molar-refractivity contribution in [3.05, 3.63) is 0 Å². The minimum Gasteiger partial charge on any atom is -0.465 e. The molecule has 2 atom stereocenters. The third-order valence-corrected chi connectivity index (χ3v) is 3.34. The van der Waals surface area contributed by atoms with Crippen LogP contribution in [0.2, 0.25) is 0 Å². The molecule has 0 bridgehead atoms. The van der Waals surface area contributed by atoms with Crippen LogP contribution in [0.25, 0.3) is 0 Å². The summed E-state index contributed by atoms with van der Waals surface area (Å²) in [5.41, 5.74) is 0. The van der Waals surface area contributed by atoms with Crippen molar-refractivity contribution in [1.82, 2.24) is 10.6 Å². The predicted molar refractivity (Wildman–Crippen MR) is 61.1 cm³/mol. The minimum atomic E-state index is -0.987. The number of carbonyl (C=O) groups is 1. The van der Waals surface area contributed by atoms with Crippen LogP contribution in [0.5, 0.6) is 0 Å². The topological polar surface area (TPSA) is 79.8 Å². The third-order valence-electron chi connectivity index (χ3n) is 3.34. The number of amides is 1. The Labute approximate surface area is 101 Å². The minimum absolute atomic E-state index is 0.149. The Bertz CT molecular complexity index is 256. The first kappa shape index (κ1) is 12.6. The predicted octanol–water partition coefficient (Wildman–Crippen LogP) is 0.180. The summed E-state index contributed by atoms with van der Waals surface area (Å²) in [6.45, 7) is 2.72. The van der Waals surface area contributed by atoms with Gasteiger partial charge < -0.3 is 25.2 Å². The molecule has 0 aromatic rings. The van der Waals surface area contributed by atoms with Gasteiger partial charge in [0.05, 0.1) is 12.6 Å². The molecule has 0 aromatic carbocycles. The van der Waals surface area contributed by atoms with Crippen molar-refractivity contribution in [2.24, 2.45) is 0 Å². The van der Waals surface area contributed by atoms with Gasteiger partial charge in [-0.1, -0.05) is 0 Å². The van der Waals surface area contributed by atoms with E-state index in [2.05, 4.69) is 10.6 Å². The highest BCUT2D eigenvalue weighted by molar-refractivity contribution is 5.65. The summed E-state index contributed by atoms with van der Waals surface area (Å²) in [6, 6.07) is 0.456. The molecule has 6 nitrogen and oxygen atoms in total. The van der Waals surface area contributed by atoms with Crippen LogP contribution in [-0.4, -0.2) is 55.8 Å². The Morgan fingerprint density at radius 2 is 1.76 bits per heavy atom. The maximum atomic E-state index is 10.7. The summed E-state index contributed by atoms with van der Waals surface area (Å²) >= 11 is 0. The van der Waals surface area contributed by atoms with Crippen LogP contribution in [0.1, 0.15) is 19.3 Å². The van der Waals surface area contributed by atoms with Gasteiger partial charge in [0, 0.05) is 31.9 Å². The van der Waals surface area contributed by atoms with Gasteiger partial charge in [-0.2, -0.15) is 0 Å². The second-order valence-corrected chi connectivity index (χ2v) is 4.58. The smallest absolute Gasteiger partial charge is 0.405 e. The molecule has 0 aromatic heterocycles. The molecule has 1 amide bonds. The quantitative estimate of drug-likeness (QED) is 0.660. The molecule has 2 aliphatic heterocycles. The number of ether oxygens (including phenoxy) is 2. The van der Waals surface area contributed by atoms with E-state index in [4.69, 9.17) is 14.6 Å². The van der Waals surface area contributed by atoms with E-state index in [1.54, 1.807) is 0 Å². The highest BCUT2D eigenvalue weighted by Gasteiger charge is 2.29. The second kappa shape index (κ2) is 6.18. The van der Waals surface area contributed by atoms with Crippen molar-refractivity contribution in [3.63, 3.8) is 0 Å². The Balaban J connectivity index is 1.84. The zero-order chi connectivity index (χ0) is 12.1. The molecule has 0 radical (unpaired) electrons. The lowest BCUT2D eigenvalue weighted by atomic mass is 10.00. The fourth-order valence-electron chi connectivity index (χ4n) is 2.41. The molecule has 0 saturated carbocycles. The van der Waals surface area contributed by atoms with Crippen LogP contribution in [0, 0.1) is 0 Å². The van der Waals surface area contributed by atoms with E-state index in [1.165, 1.54) is 0 Å². The van der Waals surface area contributed by atoms with Gasteiger partial charge in [0.2, 0.25) is 0 Å². The number of rotatable bonds is 3. The monoisotopic (exact) mass is 244 g/mol. The Morgan fingerprint density at radius 1 is 1.06 bits per heavy atom. The van der Waals surface area contributed by atoms with Gasteiger partial charge >= 0.3 is 6.09 Å². The largest absolute Gasteiger partial charge is 0.465 e. The molecule has 2 fully saturated rings. The molecule has 98 valence electrons. The van der Waals surface area contributed by atoms with E-state index in [-0.39, 0.29) is 12.1 Å². The standard InChI is InChI=1S/C11H20N2O4/c14-11(15)13-10-7-17-6-3-9(10)12-8-1-4-16-5-2-8/h8-10,12-13H,1-7H2,(H,14,15)/t9-,10-/m1/s1. The lowest BCUT2D eigenvalue weighted by molar-refractivity contribution is 0.0330. The van der Waals surface area contributed by atoms with Gasteiger partial charge in [0.1, 0.15) is 0 Å². The summed E-state index contributed by atoms with van der Waals surface area (Å²) in [7, 11) is 0. The number of hydrogen-bond donors (Lipinski definition) is 3. The van der Waals surface area contributed by atoms with Crippen LogP contribution < -0.4 is 10.6 Å². The van der Waals surface area contributed by atoms with Crippen molar-refractivity contribution in [3.8, 4) is 0 Å². The van der Waals surface area contributed by atoms with Crippen LogP contribution >= 0.6 is 0 Å². The van der Waals surface area contributed by atoms with Crippen LogP contribution in [0.4, 0.5) is 4.79 Å². The SMILES string of the molecule is O=C(O)N[C@@H]1COCC[C@H]1NC1CCOCC1. The Hall–Kier alpha value is -0.850. The molecule has 0 unspecified atom stereocenters. The van der Waals surface area contributed by atoms with Gasteiger partial charge in [0.25, 0.3) is 0 Å². The van der Waals surface area contributed by atoms with Gasteiger partial charge in [-0.3, -0.25) is 0 Å². The van der Waals surface area contributed by atoms with Crippen molar-refractivity contribution >= 4 is 6.09 Å². The Kier molecular flexibility index (Phi) is 4.58. The van der Waals surface area contributed by atoms with Crippen molar-refractivity contribution in [2.75, 3.05) is 26.4 Å².